The number of nitrogens with zero attached hydrogens (tertiary/aromatic N) is 1. The lowest BCUT2D eigenvalue weighted by Crippen LogP contribution is -2.01. The standard InChI is InChI=1S/C8H12BrNO2S/c1-11-2-3-12-5-8-10-7(4-9)6-13-8/h6H,2-5H2,1H3. The molecule has 5 heteroatoms. The summed E-state index contributed by atoms with van der Waals surface area (Å²) in [6, 6.07) is 0. The topological polar surface area (TPSA) is 31.4 Å². The molecule has 1 rings (SSSR count). The second kappa shape index (κ2) is 6.48. The van der Waals surface area contributed by atoms with Crippen LogP contribution in [0.15, 0.2) is 5.38 Å². The van der Waals surface area contributed by atoms with Gasteiger partial charge >= 0.3 is 0 Å². The summed E-state index contributed by atoms with van der Waals surface area (Å²) in [5.41, 5.74) is 1.07. The summed E-state index contributed by atoms with van der Waals surface area (Å²) in [6.45, 7) is 1.84. The molecule has 0 spiro atoms. The van der Waals surface area contributed by atoms with E-state index in [1.807, 2.05) is 5.38 Å². The summed E-state index contributed by atoms with van der Waals surface area (Å²) in [5.74, 6) is 0. The van der Waals surface area contributed by atoms with Gasteiger partial charge in [-0.25, -0.2) is 4.98 Å². The molecule has 0 radical (unpaired) electrons. The molecular weight excluding hydrogens is 254 g/mol. The number of hydrogen-bond acceptors (Lipinski definition) is 4. The van der Waals surface area contributed by atoms with Crippen LogP contribution in [0.1, 0.15) is 10.7 Å². The molecule has 0 aliphatic heterocycles. The van der Waals surface area contributed by atoms with Crippen molar-refractivity contribution >= 4 is 27.3 Å². The number of thiazole rings is 1. The summed E-state index contributed by atoms with van der Waals surface area (Å²) in [7, 11) is 1.66. The number of alkyl halides is 1. The SMILES string of the molecule is COCCOCc1nc(CBr)cs1. The van der Waals surface area contributed by atoms with Crippen LogP contribution in [0.2, 0.25) is 0 Å². The fraction of sp³-hybridized carbons (Fsp3) is 0.625. The van der Waals surface area contributed by atoms with E-state index in [0.29, 0.717) is 19.8 Å². The van der Waals surface area contributed by atoms with Crippen molar-refractivity contribution in [2.45, 2.75) is 11.9 Å². The van der Waals surface area contributed by atoms with E-state index in [-0.39, 0.29) is 0 Å². The first-order valence-corrected chi connectivity index (χ1v) is 5.93. The van der Waals surface area contributed by atoms with Gasteiger partial charge in [-0.15, -0.1) is 11.3 Å². The fourth-order valence-electron chi connectivity index (χ4n) is 0.778. The Kier molecular flexibility index (Phi) is 5.54. The number of rotatable bonds is 6. The first kappa shape index (κ1) is 11.1. The van der Waals surface area contributed by atoms with Gasteiger partial charge in [0.25, 0.3) is 0 Å². The van der Waals surface area contributed by atoms with Crippen LogP contribution in [0.3, 0.4) is 0 Å². The van der Waals surface area contributed by atoms with Gasteiger partial charge in [0, 0.05) is 17.8 Å². The van der Waals surface area contributed by atoms with Crippen molar-refractivity contribution in [1.82, 2.24) is 4.98 Å². The van der Waals surface area contributed by atoms with Crippen molar-refractivity contribution in [1.29, 1.82) is 0 Å². The summed E-state index contributed by atoms with van der Waals surface area (Å²) in [6.07, 6.45) is 0. The molecule has 0 aliphatic carbocycles. The van der Waals surface area contributed by atoms with Crippen LogP contribution in [-0.4, -0.2) is 25.3 Å². The van der Waals surface area contributed by atoms with Crippen molar-refractivity contribution in [3.63, 3.8) is 0 Å². The van der Waals surface area contributed by atoms with Crippen molar-refractivity contribution in [3.05, 3.63) is 16.1 Å². The maximum Gasteiger partial charge on any atom is 0.119 e. The molecule has 0 aliphatic rings. The first-order chi connectivity index (χ1) is 6.36. The molecule has 13 heavy (non-hydrogen) atoms. The Morgan fingerprint density at radius 3 is 3.00 bits per heavy atom. The number of halogens is 1. The third-order valence-electron chi connectivity index (χ3n) is 1.39. The lowest BCUT2D eigenvalue weighted by molar-refractivity contribution is 0.0615. The molecule has 74 valence electrons. The van der Waals surface area contributed by atoms with Gasteiger partial charge in [0.2, 0.25) is 0 Å². The molecule has 0 fully saturated rings. The van der Waals surface area contributed by atoms with Crippen molar-refractivity contribution in [2.24, 2.45) is 0 Å². The summed E-state index contributed by atoms with van der Waals surface area (Å²) in [5, 5.41) is 3.86. The minimum atomic E-state index is 0.584. The lowest BCUT2D eigenvalue weighted by Gasteiger charge is -1.99. The Balaban J connectivity index is 2.20. The summed E-state index contributed by atoms with van der Waals surface area (Å²) >= 11 is 4.97. The summed E-state index contributed by atoms with van der Waals surface area (Å²) in [4.78, 5) is 4.33. The van der Waals surface area contributed by atoms with Gasteiger partial charge in [-0.05, 0) is 0 Å². The Hall–Kier alpha value is 0.0300. The van der Waals surface area contributed by atoms with E-state index in [0.717, 1.165) is 16.0 Å². The molecule has 0 amide bonds. The third-order valence-corrected chi connectivity index (χ3v) is 2.84. The van der Waals surface area contributed by atoms with Gasteiger partial charge in [0.15, 0.2) is 0 Å². The summed E-state index contributed by atoms with van der Waals surface area (Å²) < 4.78 is 10.2. The number of methoxy groups -OCH3 is 1. The number of aromatic nitrogens is 1. The highest BCUT2D eigenvalue weighted by molar-refractivity contribution is 9.08. The predicted octanol–water partition coefficient (Wildman–Crippen LogP) is 2.20. The maximum atomic E-state index is 5.33. The average molecular weight is 266 g/mol. The van der Waals surface area contributed by atoms with Gasteiger partial charge in [0.1, 0.15) is 5.01 Å². The van der Waals surface area contributed by atoms with Crippen LogP contribution >= 0.6 is 27.3 Å². The van der Waals surface area contributed by atoms with E-state index >= 15 is 0 Å². The largest absolute Gasteiger partial charge is 0.382 e. The monoisotopic (exact) mass is 265 g/mol. The van der Waals surface area contributed by atoms with E-state index in [2.05, 4.69) is 20.9 Å². The Morgan fingerprint density at radius 1 is 1.54 bits per heavy atom. The average Bonchev–Trinajstić information content (AvgIpc) is 2.60. The molecular formula is C8H12BrNO2S. The molecule has 0 aromatic carbocycles. The molecule has 3 nitrogen and oxygen atoms in total. The molecule has 1 aromatic rings. The van der Waals surface area contributed by atoms with E-state index < -0.39 is 0 Å². The molecule has 0 N–H and O–H groups in total. The number of hydrogen-bond donors (Lipinski definition) is 0. The molecule has 1 heterocycles. The number of ether oxygens (including phenoxy) is 2. The van der Waals surface area contributed by atoms with Gasteiger partial charge in [-0.3, -0.25) is 0 Å². The van der Waals surface area contributed by atoms with E-state index in [1.54, 1.807) is 18.4 Å². The van der Waals surface area contributed by atoms with Crippen LogP contribution < -0.4 is 0 Å². The molecule has 0 saturated carbocycles. The van der Waals surface area contributed by atoms with Crippen LogP contribution in [0, 0.1) is 0 Å². The van der Waals surface area contributed by atoms with Gasteiger partial charge < -0.3 is 9.47 Å². The Morgan fingerprint density at radius 2 is 2.38 bits per heavy atom. The quantitative estimate of drug-likeness (QED) is 0.584. The highest BCUT2D eigenvalue weighted by Crippen LogP contribution is 2.12. The van der Waals surface area contributed by atoms with Crippen LogP contribution in [0.25, 0.3) is 0 Å². The minimum Gasteiger partial charge on any atom is -0.382 e. The Labute approximate surface area is 90.2 Å². The molecule has 0 atom stereocenters. The zero-order chi connectivity index (χ0) is 9.52. The van der Waals surface area contributed by atoms with Crippen molar-refractivity contribution in [2.75, 3.05) is 20.3 Å². The van der Waals surface area contributed by atoms with Crippen molar-refractivity contribution in [3.8, 4) is 0 Å². The maximum absolute atomic E-state index is 5.33. The molecule has 0 unspecified atom stereocenters. The lowest BCUT2D eigenvalue weighted by atomic mass is 10.6. The van der Waals surface area contributed by atoms with E-state index in [9.17, 15) is 0 Å². The molecule has 0 saturated heterocycles. The van der Waals surface area contributed by atoms with Crippen LogP contribution in [-0.2, 0) is 21.4 Å². The smallest absolute Gasteiger partial charge is 0.119 e. The minimum absolute atomic E-state index is 0.584. The van der Waals surface area contributed by atoms with E-state index in [1.165, 1.54) is 0 Å². The third kappa shape index (κ3) is 4.17. The van der Waals surface area contributed by atoms with E-state index in [4.69, 9.17) is 9.47 Å². The highest BCUT2D eigenvalue weighted by atomic mass is 79.9. The van der Waals surface area contributed by atoms with Gasteiger partial charge in [0.05, 0.1) is 25.5 Å². The van der Waals surface area contributed by atoms with Gasteiger partial charge in [-0.2, -0.15) is 0 Å². The molecule has 0 bridgehead atoms. The zero-order valence-corrected chi connectivity index (χ0v) is 9.86. The highest BCUT2D eigenvalue weighted by Gasteiger charge is 2.00. The van der Waals surface area contributed by atoms with Crippen LogP contribution in [0.5, 0.6) is 0 Å². The normalized spacial score (nSPS) is 10.6. The second-order valence-corrected chi connectivity index (χ2v) is 3.91. The molecule has 1 aromatic heterocycles. The Bertz CT molecular complexity index is 242. The second-order valence-electron chi connectivity index (χ2n) is 2.41. The van der Waals surface area contributed by atoms with Gasteiger partial charge in [-0.1, -0.05) is 15.9 Å². The van der Waals surface area contributed by atoms with Crippen molar-refractivity contribution < 1.29 is 9.47 Å². The first-order valence-electron chi connectivity index (χ1n) is 3.92. The van der Waals surface area contributed by atoms with Crippen LogP contribution in [0.4, 0.5) is 0 Å². The fourth-order valence-corrected chi connectivity index (χ4v) is 2.01. The zero-order valence-electron chi connectivity index (χ0n) is 7.46. The predicted molar refractivity (Wildman–Crippen MR) is 56.3 cm³/mol.